The fourth-order valence-electron chi connectivity index (χ4n) is 3.26. The van der Waals surface area contributed by atoms with Crippen molar-refractivity contribution in [3.8, 4) is 0 Å². The van der Waals surface area contributed by atoms with Crippen molar-refractivity contribution >= 4 is 27.7 Å². The van der Waals surface area contributed by atoms with Crippen molar-refractivity contribution in [2.45, 2.75) is 49.0 Å². The maximum Gasteiger partial charge on any atom is 0.251 e. The number of benzene rings is 1. The van der Waals surface area contributed by atoms with Gasteiger partial charge in [-0.05, 0) is 36.1 Å². The molecule has 4 nitrogen and oxygen atoms in total. The lowest BCUT2D eigenvalue weighted by Crippen LogP contribution is -2.41. The zero-order valence-electron chi connectivity index (χ0n) is 12.5. The molecular weight excluding hydrogens is 318 g/mol. The van der Waals surface area contributed by atoms with Crippen molar-refractivity contribution < 1.29 is 13.2 Å². The third-order valence-corrected chi connectivity index (χ3v) is 7.54. The maximum absolute atomic E-state index is 12.5. The third-order valence-electron chi connectivity index (χ3n) is 4.47. The van der Waals surface area contributed by atoms with E-state index in [1.54, 1.807) is 0 Å². The predicted octanol–water partition coefficient (Wildman–Crippen LogP) is 2.80. The summed E-state index contributed by atoms with van der Waals surface area (Å²) in [5.74, 6) is 0.459. The molecule has 0 bridgehead atoms. The fourth-order valence-corrected chi connectivity index (χ4v) is 6.05. The number of nitrogens with one attached hydrogen (secondary N) is 1. The van der Waals surface area contributed by atoms with Crippen LogP contribution in [0.15, 0.2) is 24.3 Å². The molecule has 0 aromatic heterocycles. The molecule has 0 saturated heterocycles. The molecule has 1 heterocycles. The van der Waals surface area contributed by atoms with Gasteiger partial charge in [0.25, 0.3) is 5.91 Å². The first-order valence-corrected chi connectivity index (χ1v) is 10.4. The zero-order chi connectivity index (χ0) is 15.6. The highest BCUT2D eigenvalue weighted by Crippen LogP contribution is 2.37. The fraction of sp³-hybridized carbons (Fsp3) is 0.562. The van der Waals surface area contributed by atoms with Crippen LogP contribution in [0.3, 0.4) is 0 Å². The van der Waals surface area contributed by atoms with Gasteiger partial charge < -0.3 is 0 Å². The molecule has 1 unspecified atom stereocenters. The number of carbonyl (C=O) groups is 1. The molecule has 1 N–H and O–H groups in total. The molecule has 120 valence electrons. The maximum atomic E-state index is 12.5. The second-order valence-electron chi connectivity index (χ2n) is 5.97. The monoisotopic (exact) mass is 339 g/mol. The van der Waals surface area contributed by atoms with Crippen LogP contribution in [0.2, 0.25) is 0 Å². The summed E-state index contributed by atoms with van der Waals surface area (Å²) in [6.45, 7) is 0. The zero-order valence-corrected chi connectivity index (χ0v) is 14.1. The minimum atomic E-state index is -3.55. The van der Waals surface area contributed by atoms with Gasteiger partial charge in [-0.25, -0.2) is 8.42 Å². The Morgan fingerprint density at radius 2 is 1.86 bits per heavy atom. The molecule has 1 aliphatic heterocycles. The summed E-state index contributed by atoms with van der Waals surface area (Å²) in [5.41, 5.74) is 2.10. The standard InChI is InChI=1S/C16H21NO3S2/c18-16(17-22(19,20)13-7-2-1-3-8-13)15-14-9-5-4-6-12(14)10-11-21-15/h4-6,9,13,15H,1-3,7-8,10-11H2,(H,17,18). The van der Waals surface area contributed by atoms with E-state index < -0.39 is 20.5 Å². The summed E-state index contributed by atoms with van der Waals surface area (Å²) < 4.78 is 27.2. The first-order valence-electron chi connectivity index (χ1n) is 7.83. The molecule has 2 aliphatic rings. The number of sulfonamides is 1. The number of thioether (sulfide) groups is 1. The van der Waals surface area contributed by atoms with Gasteiger partial charge in [-0.1, -0.05) is 43.5 Å². The Hall–Kier alpha value is -1.01. The molecule has 1 atom stereocenters. The van der Waals surface area contributed by atoms with Crippen LogP contribution in [0.4, 0.5) is 0 Å². The van der Waals surface area contributed by atoms with Crippen LogP contribution in [0.25, 0.3) is 0 Å². The molecule has 1 fully saturated rings. The molecule has 1 saturated carbocycles. The predicted molar refractivity (Wildman–Crippen MR) is 89.3 cm³/mol. The second-order valence-corrected chi connectivity index (χ2v) is 9.14. The summed E-state index contributed by atoms with van der Waals surface area (Å²) in [6.07, 6.45) is 5.21. The van der Waals surface area contributed by atoms with Gasteiger partial charge in [0.15, 0.2) is 0 Å². The van der Waals surface area contributed by atoms with Crippen LogP contribution in [0.1, 0.15) is 48.5 Å². The lowest BCUT2D eigenvalue weighted by atomic mass is 10.0. The van der Waals surface area contributed by atoms with Gasteiger partial charge in [0.1, 0.15) is 5.25 Å². The second kappa shape index (κ2) is 6.62. The van der Waals surface area contributed by atoms with Gasteiger partial charge in [-0.2, -0.15) is 0 Å². The smallest absolute Gasteiger partial charge is 0.251 e. The van der Waals surface area contributed by atoms with E-state index in [1.807, 2.05) is 24.3 Å². The first kappa shape index (κ1) is 15.9. The summed E-state index contributed by atoms with van der Waals surface area (Å²) in [5, 5.41) is -0.822. The Bertz CT molecular complexity index is 651. The number of hydrogen-bond acceptors (Lipinski definition) is 4. The Kier molecular flexibility index (Phi) is 4.78. The molecule has 3 rings (SSSR count). The van der Waals surface area contributed by atoms with E-state index >= 15 is 0 Å². The summed E-state index contributed by atoms with van der Waals surface area (Å²) >= 11 is 1.52. The third kappa shape index (κ3) is 3.33. The van der Waals surface area contributed by atoms with Gasteiger partial charge >= 0.3 is 0 Å². The van der Waals surface area contributed by atoms with E-state index in [4.69, 9.17) is 0 Å². The van der Waals surface area contributed by atoms with Crippen LogP contribution < -0.4 is 4.72 Å². The van der Waals surface area contributed by atoms with E-state index in [0.29, 0.717) is 12.8 Å². The van der Waals surface area contributed by atoms with Crippen molar-refractivity contribution in [2.24, 2.45) is 0 Å². The van der Waals surface area contributed by atoms with Crippen molar-refractivity contribution in [1.29, 1.82) is 0 Å². The van der Waals surface area contributed by atoms with E-state index in [-0.39, 0.29) is 5.91 Å². The number of amides is 1. The van der Waals surface area contributed by atoms with Gasteiger partial charge in [-0.3, -0.25) is 9.52 Å². The number of fused-ring (bicyclic) bond motifs is 1. The molecule has 1 aromatic carbocycles. The lowest BCUT2D eigenvalue weighted by molar-refractivity contribution is -0.119. The molecule has 22 heavy (non-hydrogen) atoms. The Morgan fingerprint density at radius 3 is 2.64 bits per heavy atom. The average molecular weight is 339 g/mol. The number of hydrogen-bond donors (Lipinski definition) is 1. The van der Waals surface area contributed by atoms with E-state index in [1.165, 1.54) is 11.8 Å². The van der Waals surface area contributed by atoms with Gasteiger partial charge in [0.05, 0.1) is 5.25 Å². The van der Waals surface area contributed by atoms with Crippen LogP contribution >= 0.6 is 11.8 Å². The van der Waals surface area contributed by atoms with Crippen molar-refractivity contribution in [2.75, 3.05) is 5.75 Å². The SMILES string of the molecule is O=C(NS(=O)(=O)C1CCCCC1)C1SCCc2ccccc21. The van der Waals surface area contributed by atoms with E-state index in [9.17, 15) is 13.2 Å². The summed E-state index contributed by atoms with van der Waals surface area (Å²) in [6, 6.07) is 7.81. The lowest BCUT2D eigenvalue weighted by Gasteiger charge is -2.26. The molecule has 6 heteroatoms. The van der Waals surface area contributed by atoms with E-state index in [0.717, 1.165) is 42.6 Å². The summed E-state index contributed by atoms with van der Waals surface area (Å²) in [4.78, 5) is 12.5. The topological polar surface area (TPSA) is 63.2 Å². The van der Waals surface area contributed by atoms with Crippen LogP contribution in [0, 0.1) is 0 Å². The molecular formula is C16H21NO3S2. The normalized spacial score (nSPS) is 22.8. The number of rotatable bonds is 3. The Balaban J connectivity index is 1.75. The molecule has 1 aromatic rings. The minimum Gasteiger partial charge on any atom is -0.272 e. The van der Waals surface area contributed by atoms with Gasteiger partial charge in [0, 0.05) is 0 Å². The Morgan fingerprint density at radius 1 is 1.14 bits per heavy atom. The average Bonchev–Trinajstić information content (AvgIpc) is 2.54. The van der Waals surface area contributed by atoms with Crippen LogP contribution in [-0.2, 0) is 21.2 Å². The van der Waals surface area contributed by atoms with Crippen LogP contribution in [-0.4, -0.2) is 25.3 Å². The minimum absolute atomic E-state index is 0.386. The molecule has 0 radical (unpaired) electrons. The largest absolute Gasteiger partial charge is 0.272 e. The molecule has 1 aliphatic carbocycles. The molecule has 1 amide bonds. The summed E-state index contributed by atoms with van der Waals surface area (Å²) in [7, 11) is -3.55. The quantitative estimate of drug-likeness (QED) is 0.920. The highest BCUT2D eigenvalue weighted by Gasteiger charge is 2.33. The highest BCUT2D eigenvalue weighted by atomic mass is 32.2. The van der Waals surface area contributed by atoms with E-state index in [2.05, 4.69) is 4.72 Å². The first-order chi connectivity index (χ1) is 10.6. The molecule has 0 spiro atoms. The van der Waals surface area contributed by atoms with Crippen molar-refractivity contribution in [3.63, 3.8) is 0 Å². The van der Waals surface area contributed by atoms with Gasteiger partial charge in [-0.15, -0.1) is 11.8 Å². The number of carbonyl (C=O) groups excluding carboxylic acids is 1. The Labute approximate surface area is 136 Å². The van der Waals surface area contributed by atoms with Crippen molar-refractivity contribution in [1.82, 2.24) is 4.72 Å². The highest BCUT2D eigenvalue weighted by molar-refractivity contribution is 8.00. The van der Waals surface area contributed by atoms with Crippen LogP contribution in [0.5, 0.6) is 0 Å². The number of aryl methyl sites for hydroxylation is 1. The van der Waals surface area contributed by atoms with Crippen molar-refractivity contribution in [3.05, 3.63) is 35.4 Å². The van der Waals surface area contributed by atoms with Gasteiger partial charge in [0.2, 0.25) is 10.0 Å².